The molecule has 5 atom stereocenters. The average Bonchev–Trinajstić information content (AvgIpc) is 2.82. The molecule has 1 aliphatic rings. The summed E-state index contributed by atoms with van der Waals surface area (Å²) in [5.41, 5.74) is -1.07. The molecule has 0 spiro atoms. The number of benzene rings is 1. The summed E-state index contributed by atoms with van der Waals surface area (Å²) in [5, 5.41) is 43.1. The summed E-state index contributed by atoms with van der Waals surface area (Å²) in [4.78, 5) is 39.7. The fraction of sp³-hybridized carbons (Fsp3) is 0.333. The lowest BCUT2D eigenvalue weighted by atomic mass is 9.99. The van der Waals surface area contributed by atoms with Crippen LogP contribution in [0.4, 0.5) is 24.7 Å². The molecule has 1 saturated heterocycles. The van der Waals surface area contributed by atoms with Crippen molar-refractivity contribution in [3.05, 3.63) is 53.7 Å². The fourth-order valence-electron chi connectivity index (χ4n) is 3.17. The molecule has 1 amide bonds. The number of carboxylic acids is 1. The van der Waals surface area contributed by atoms with E-state index in [4.69, 9.17) is 14.6 Å². The van der Waals surface area contributed by atoms with E-state index < -0.39 is 66.8 Å². The quantitative estimate of drug-likeness (QED) is 0.273. The number of anilines is 2. The fourth-order valence-corrected chi connectivity index (χ4v) is 3.17. The summed E-state index contributed by atoms with van der Waals surface area (Å²) >= 11 is 0. The minimum atomic E-state index is -4.59. The Morgan fingerprint density at radius 1 is 1.06 bits per heavy atom. The van der Waals surface area contributed by atoms with Gasteiger partial charge in [0.15, 0.2) is 6.10 Å². The number of ether oxygens (including phenoxy) is 2. The molecular weight excluding hydrogens is 495 g/mol. The predicted octanol–water partition coefficient (Wildman–Crippen LogP) is 0.00920. The molecule has 0 aliphatic carbocycles. The highest BCUT2D eigenvalue weighted by molar-refractivity contribution is 6.00. The number of carboxylic acid groups (broad SMARTS) is 1. The van der Waals surface area contributed by atoms with E-state index >= 15 is 0 Å². The molecule has 6 N–H and O–H groups in total. The predicted molar refractivity (Wildman–Crippen MR) is 112 cm³/mol. The number of nitrogens with zero attached hydrogens (tertiary/aromatic N) is 1. The lowest BCUT2D eigenvalue weighted by Gasteiger charge is -2.37. The van der Waals surface area contributed by atoms with Gasteiger partial charge in [0.25, 0.3) is 5.91 Å². The third-order valence-corrected chi connectivity index (χ3v) is 4.96. The molecule has 1 aliphatic heterocycles. The van der Waals surface area contributed by atoms with Crippen molar-refractivity contribution in [3.8, 4) is 0 Å². The lowest BCUT2D eigenvalue weighted by molar-refractivity contribution is -0.286. The number of rotatable bonds is 7. The average molecular weight is 515 g/mol. The van der Waals surface area contributed by atoms with Gasteiger partial charge in [0.2, 0.25) is 6.29 Å². The first kappa shape index (κ1) is 26.8. The molecule has 2 heterocycles. The van der Waals surface area contributed by atoms with Crippen LogP contribution >= 0.6 is 0 Å². The number of carbonyl (C=O) groups excluding carboxylic acids is 2. The summed E-state index contributed by atoms with van der Waals surface area (Å²) in [6.45, 7) is -0.806. The second-order valence-electron chi connectivity index (χ2n) is 7.51. The van der Waals surface area contributed by atoms with Gasteiger partial charge in [-0.05, 0) is 30.3 Å². The Morgan fingerprint density at radius 2 is 1.78 bits per heavy atom. The minimum Gasteiger partial charge on any atom is -0.479 e. The Kier molecular flexibility index (Phi) is 8.09. The molecule has 0 bridgehead atoms. The maximum absolute atomic E-state index is 13.0. The number of aliphatic hydroxyl groups excluding tert-OH is 3. The maximum atomic E-state index is 13.0. The van der Waals surface area contributed by atoms with Gasteiger partial charge in [-0.15, -0.1) is 0 Å². The van der Waals surface area contributed by atoms with Crippen molar-refractivity contribution in [3.63, 3.8) is 0 Å². The maximum Gasteiger partial charge on any atom is 0.416 e. The molecule has 3 rings (SSSR count). The molecule has 0 saturated carbocycles. The van der Waals surface area contributed by atoms with E-state index in [0.29, 0.717) is 0 Å². The number of nitrogens with one attached hydrogen (secondary N) is 2. The molecule has 2 aromatic rings. The number of alkyl halides is 3. The molecule has 36 heavy (non-hydrogen) atoms. The normalized spacial score (nSPS) is 24.0. The summed E-state index contributed by atoms with van der Waals surface area (Å²) in [7, 11) is 0. The van der Waals surface area contributed by atoms with E-state index in [1.165, 1.54) is 24.4 Å². The first-order valence-corrected chi connectivity index (χ1v) is 10.2. The first-order valence-electron chi connectivity index (χ1n) is 10.2. The van der Waals surface area contributed by atoms with Crippen molar-refractivity contribution >= 4 is 29.4 Å². The van der Waals surface area contributed by atoms with Gasteiger partial charge >= 0.3 is 18.1 Å². The molecule has 12 nitrogen and oxygen atoms in total. The van der Waals surface area contributed by atoms with Crippen LogP contribution in [-0.4, -0.2) is 80.5 Å². The van der Waals surface area contributed by atoms with Crippen LogP contribution in [0.5, 0.6) is 0 Å². The molecule has 1 aromatic carbocycles. The van der Waals surface area contributed by atoms with E-state index in [0.717, 1.165) is 18.2 Å². The first-order chi connectivity index (χ1) is 16.9. The molecular formula is C21H20F3N3O9. The molecule has 0 radical (unpaired) electrons. The van der Waals surface area contributed by atoms with Crippen LogP contribution < -0.4 is 10.6 Å². The number of hydrogen-bond donors (Lipinski definition) is 6. The number of halogens is 3. The molecule has 194 valence electrons. The Balaban J connectivity index is 1.64. The number of hydrogen-bond acceptors (Lipinski definition) is 10. The van der Waals surface area contributed by atoms with Gasteiger partial charge in [-0.2, -0.15) is 13.2 Å². The number of esters is 1. The second-order valence-corrected chi connectivity index (χ2v) is 7.51. The number of aromatic nitrogens is 1. The van der Waals surface area contributed by atoms with Crippen LogP contribution in [0.3, 0.4) is 0 Å². The molecule has 1 aromatic heterocycles. The van der Waals surface area contributed by atoms with Crippen LogP contribution in [0.1, 0.15) is 15.9 Å². The zero-order valence-electron chi connectivity index (χ0n) is 18.0. The van der Waals surface area contributed by atoms with Gasteiger partial charge in [-0.1, -0.05) is 6.07 Å². The monoisotopic (exact) mass is 515 g/mol. The Labute approximate surface area is 200 Å². The number of aliphatic carboxylic acids is 1. The van der Waals surface area contributed by atoms with E-state index in [9.17, 15) is 42.9 Å². The number of amides is 1. The minimum absolute atomic E-state index is 0.00542. The Bertz CT molecular complexity index is 1130. The Morgan fingerprint density at radius 3 is 2.44 bits per heavy atom. The van der Waals surface area contributed by atoms with Crippen LogP contribution in [0.2, 0.25) is 0 Å². The molecule has 1 fully saturated rings. The van der Waals surface area contributed by atoms with E-state index in [1.54, 1.807) is 0 Å². The van der Waals surface area contributed by atoms with Crippen molar-refractivity contribution < 1.29 is 57.5 Å². The molecule has 15 heteroatoms. The van der Waals surface area contributed by atoms with Gasteiger partial charge in [0, 0.05) is 11.9 Å². The van der Waals surface area contributed by atoms with Gasteiger partial charge in [-0.3, -0.25) is 9.59 Å². The zero-order valence-corrected chi connectivity index (χ0v) is 18.0. The number of pyridine rings is 1. The highest BCUT2D eigenvalue weighted by Gasteiger charge is 2.48. The van der Waals surface area contributed by atoms with Gasteiger partial charge < -0.3 is 40.5 Å². The highest BCUT2D eigenvalue weighted by atomic mass is 19.4. The van der Waals surface area contributed by atoms with E-state index in [2.05, 4.69) is 15.6 Å². The van der Waals surface area contributed by atoms with Crippen molar-refractivity contribution in [1.82, 2.24) is 10.3 Å². The third kappa shape index (κ3) is 6.25. The van der Waals surface area contributed by atoms with Crippen molar-refractivity contribution in [1.29, 1.82) is 0 Å². The van der Waals surface area contributed by atoms with Gasteiger partial charge in [-0.25, -0.2) is 9.78 Å². The summed E-state index contributed by atoms with van der Waals surface area (Å²) in [6, 6.07) is 6.83. The number of carbonyl (C=O) groups is 3. The molecule has 5 unspecified atom stereocenters. The summed E-state index contributed by atoms with van der Waals surface area (Å²) in [5.74, 6) is -3.87. The largest absolute Gasteiger partial charge is 0.479 e. The van der Waals surface area contributed by atoms with Gasteiger partial charge in [0.1, 0.15) is 30.7 Å². The van der Waals surface area contributed by atoms with Crippen LogP contribution in [-0.2, 0) is 25.2 Å². The topological polar surface area (TPSA) is 188 Å². The number of aliphatic hydroxyl groups is 3. The van der Waals surface area contributed by atoms with Crippen molar-refractivity contribution in [2.24, 2.45) is 0 Å². The Hall–Kier alpha value is -3.79. The van der Waals surface area contributed by atoms with E-state index in [-0.39, 0.29) is 17.1 Å². The summed E-state index contributed by atoms with van der Waals surface area (Å²) < 4.78 is 48.4. The van der Waals surface area contributed by atoms with Gasteiger partial charge in [0.05, 0.1) is 11.1 Å². The van der Waals surface area contributed by atoms with Crippen molar-refractivity contribution in [2.45, 2.75) is 36.9 Å². The van der Waals surface area contributed by atoms with Crippen LogP contribution in [0.25, 0.3) is 0 Å². The van der Waals surface area contributed by atoms with Crippen LogP contribution in [0, 0.1) is 0 Å². The van der Waals surface area contributed by atoms with Crippen LogP contribution in [0.15, 0.2) is 42.6 Å². The van der Waals surface area contributed by atoms with E-state index in [1.807, 2.05) is 0 Å². The lowest BCUT2D eigenvalue weighted by Crippen LogP contribution is -2.60. The van der Waals surface area contributed by atoms with Crippen molar-refractivity contribution in [2.75, 3.05) is 11.9 Å². The third-order valence-electron chi connectivity index (χ3n) is 4.96. The zero-order chi connectivity index (χ0) is 26.6. The SMILES string of the molecule is O=C(CNC(=O)c1cccnc1Nc1cccc(C(F)(F)F)c1)OC1OC(C(=O)O)C(O)C(O)C1O. The standard InChI is InChI=1S/C21H20F3N3O9/c22-21(23,24)9-3-1-4-10(7-9)27-17-11(5-2-6-25-17)18(32)26-8-12(28)35-20-15(31)13(29)14(30)16(36-20)19(33)34/h1-7,13-16,20,29-31H,8H2,(H,25,27)(H,26,32)(H,33,34). The summed E-state index contributed by atoms with van der Waals surface area (Å²) in [6.07, 6.45) is -13.2. The highest BCUT2D eigenvalue weighted by Crippen LogP contribution is 2.31. The smallest absolute Gasteiger partial charge is 0.416 e. The second kappa shape index (κ2) is 10.9.